The summed E-state index contributed by atoms with van der Waals surface area (Å²) in [6.45, 7) is 7.38. The molecular weight excluding hydrogens is 318 g/mol. The van der Waals surface area contributed by atoms with Gasteiger partial charge in [0.05, 0.1) is 5.01 Å². The molecule has 1 aromatic rings. The third kappa shape index (κ3) is 4.93. The fourth-order valence-corrected chi connectivity index (χ4v) is 4.03. The number of carbonyl (C=O) groups excluding carboxylic acids is 1. The van der Waals surface area contributed by atoms with Crippen LogP contribution in [-0.4, -0.2) is 23.5 Å². The van der Waals surface area contributed by atoms with Crippen LogP contribution >= 0.6 is 23.7 Å². The van der Waals surface area contributed by atoms with Crippen molar-refractivity contribution in [1.82, 2.24) is 10.3 Å². The van der Waals surface area contributed by atoms with Gasteiger partial charge in [-0.1, -0.05) is 33.6 Å². The minimum atomic E-state index is -0.0318. The Morgan fingerprint density at radius 3 is 2.73 bits per heavy atom. The highest BCUT2D eigenvalue weighted by atomic mass is 35.5. The van der Waals surface area contributed by atoms with E-state index in [-0.39, 0.29) is 29.8 Å². The molecule has 1 amide bonds. The Labute approximate surface area is 143 Å². The normalized spacial score (nSPS) is 22.0. The van der Waals surface area contributed by atoms with Gasteiger partial charge in [-0.05, 0) is 30.7 Å². The van der Waals surface area contributed by atoms with Gasteiger partial charge < -0.3 is 11.1 Å². The van der Waals surface area contributed by atoms with Gasteiger partial charge in [-0.25, -0.2) is 4.98 Å². The number of halogens is 1. The highest BCUT2D eigenvalue weighted by Crippen LogP contribution is 2.38. The smallest absolute Gasteiger partial charge is 0.270 e. The number of nitrogens with zero attached hydrogens (tertiary/aromatic N) is 1. The van der Waals surface area contributed by atoms with Gasteiger partial charge in [0.25, 0.3) is 5.91 Å². The lowest BCUT2D eigenvalue weighted by Crippen LogP contribution is -2.46. The molecule has 1 fully saturated rings. The predicted molar refractivity (Wildman–Crippen MR) is 94.8 cm³/mol. The molecule has 0 radical (unpaired) electrons. The minimum absolute atomic E-state index is 0. The molecule has 2 rings (SSSR count). The van der Waals surface area contributed by atoms with Crippen LogP contribution in [0.1, 0.15) is 62.0 Å². The highest BCUT2D eigenvalue weighted by Gasteiger charge is 2.35. The molecule has 6 heteroatoms. The van der Waals surface area contributed by atoms with Crippen molar-refractivity contribution in [2.24, 2.45) is 17.1 Å². The summed E-state index contributed by atoms with van der Waals surface area (Å²) in [6.07, 6.45) is 5.49. The Morgan fingerprint density at radius 1 is 1.41 bits per heavy atom. The Hall–Kier alpha value is -0.650. The van der Waals surface area contributed by atoms with E-state index < -0.39 is 0 Å². The van der Waals surface area contributed by atoms with Crippen molar-refractivity contribution in [1.29, 1.82) is 0 Å². The molecule has 1 aliphatic carbocycles. The molecule has 126 valence electrons. The molecule has 0 aromatic carbocycles. The number of aromatic nitrogens is 1. The van der Waals surface area contributed by atoms with Gasteiger partial charge in [-0.2, -0.15) is 0 Å². The molecule has 22 heavy (non-hydrogen) atoms. The van der Waals surface area contributed by atoms with Crippen molar-refractivity contribution in [3.05, 3.63) is 16.1 Å². The van der Waals surface area contributed by atoms with Crippen LogP contribution in [0.4, 0.5) is 0 Å². The van der Waals surface area contributed by atoms with Crippen molar-refractivity contribution in [3.63, 3.8) is 0 Å². The molecule has 0 saturated heterocycles. The fourth-order valence-electron chi connectivity index (χ4n) is 3.24. The number of amides is 1. The van der Waals surface area contributed by atoms with E-state index in [0.717, 1.165) is 17.8 Å². The molecule has 0 spiro atoms. The average Bonchev–Trinajstić information content (AvgIpc) is 2.87. The maximum absolute atomic E-state index is 12.4. The number of nitrogens with two attached hydrogens (primary N) is 1. The number of hydrogen-bond donors (Lipinski definition) is 2. The largest absolute Gasteiger partial charge is 0.348 e. The zero-order chi connectivity index (χ0) is 15.5. The van der Waals surface area contributed by atoms with Crippen LogP contribution in [-0.2, 0) is 6.42 Å². The van der Waals surface area contributed by atoms with Gasteiger partial charge in [0.15, 0.2) is 0 Å². The van der Waals surface area contributed by atoms with Gasteiger partial charge in [0.2, 0.25) is 0 Å². The first-order chi connectivity index (χ1) is 9.91. The summed E-state index contributed by atoms with van der Waals surface area (Å²) in [4.78, 5) is 16.8. The van der Waals surface area contributed by atoms with Gasteiger partial charge >= 0.3 is 0 Å². The first kappa shape index (κ1) is 19.4. The molecule has 3 N–H and O–H groups in total. The SMILES string of the molecule is CC(C)(C)C1CCCCC1NC(=O)c1csc(CCN)n1.Cl. The summed E-state index contributed by atoms with van der Waals surface area (Å²) in [5, 5.41) is 6.01. The van der Waals surface area contributed by atoms with Crippen LogP contribution in [0, 0.1) is 11.3 Å². The maximum Gasteiger partial charge on any atom is 0.270 e. The third-order valence-corrected chi connectivity index (χ3v) is 5.25. The van der Waals surface area contributed by atoms with Crippen molar-refractivity contribution in [2.45, 2.75) is 58.9 Å². The standard InChI is InChI=1S/C16H27N3OS.ClH/c1-16(2,3)11-6-4-5-7-12(11)19-15(20)13-10-21-14(18-13)8-9-17;/h10-12H,4-9,17H2,1-3H3,(H,19,20);1H. The topological polar surface area (TPSA) is 68.0 Å². The summed E-state index contributed by atoms with van der Waals surface area (Å²) in [7, 11) is 0. The Bertz CT molecular complexity index is 484. The van der Waals surface area contributed by atoms with Crippen LogP contribution in [0.5, 0.6) is 0 Å². The van der Waals surface area contributed by atoms with Gasteiger partial charge in [-0.15, -0.1) is 23.7 Å². The molecule has 1 heterocycles. The van der Waals surface area contributed by atoms with Crippen LogP contribution < -0.4 is 11.1 Å². The zero-order valence-electron chi connectivity index (χ0n) is 13.7. The van der Waals surface area contributed by atoms with Crippen molar-refractivity contribution >= 4 is 29.7 Å². The summed E-state index contributed by atoms with van der Waals surface area (Å²) < 4.78 is 0. The molecule has 2 atom stereocenters. The molecule has 1 aliphatic rings. The van der Waals surface area contributed by atoms with Crippen LogP contribution in [0.3, 0.4) is 0 Å². The van der Waals surface area contributed by atoms with Crippen LogP contribution in [0.25, 0.3) is 0 Å². The summed E-state index contributed by atoms with van der Waals surface area (Å²) >= 11 is 1.52. The van der Waals surface area contributed by atoms with Gasteiger partial charge in [0.1, 0.15) is 5.69 Å². The summed E-state index contributed by atoms with van der Waals surface area (Å²) in [5.41, 5.74) is 6.30. The van der Waals surface area contributed by atoms with E-state index in [0.29, 0.717) is 18.2 Å². The second kappa shape index (κ2) is 8.27. The zero-order valence-corrected chi connectivity index (χ0v) is 15.4. The van der Waals surface area contributed by atoms with E-state index in [1.807, 2.05) is 5.38 Å². The second-order valence-electron chi connectivity index (χ2n) is 7.00. The number of nitrogens with one attached hydrogen (secondary N) is 1. The van der Waals surface area contributed by atoms with E-state index >= 15 is 0 Å². The Morgan fingerprint density at radius 2 is 2.09 bits per heavy atom. The molecule has 1 saturated carbocycles. The minimum Gasteiger partial charge on any atom is -0.348 e. The lowest BCUT2D eigenvalue weighted by atomic mass is 9.69. The van der Waals surface area contributed by atoms with E-state index in [2.05, 4.69) is 31.1 Å². The van der Waals surface area contributed by atoms with Crippen molar-refractivity contribution in [3.8, 4) is 0 Å². The van der Waals surface area contributed by atoms with E-state index in [1.165, 1.54) is 30.6 Å². The maximum atomic E-state index is 12.4. The molecule has 0 aliphatic heterocycles. The van der Waals surface area contributed by atoms with Crippen LogP contribution in [0.2, 0.25) is 0 Å². The lowest BCUT2D eigenvalue weighted by molar-refractivity contribution is 0.0826. The lowest BCUT2D eigenvalue weighted by Gasteiger charge is -2.40. The summed E-state index contributed by atoms with van der Waals surface area (Å²) in [6, 6.07) is 0.269. The van der Waals surface area contributed by atoms with Crippen molar-refractivity contribution < 1.29 is 4.79 Å². The quantitative estimate of drug-likeness (QED) is 0.878. The van der Waals surface area contributed by atoms with E-state index in [1.54, 1.807) is 0 Å². The van der Waals surface area contributed by atoms with Gasteiger partial charge in [-0.3, -0.25) is 4.79 Å². The van der Waals surface area contributed by atoms with Crippen LogP contribution in [0.15, 0.2) is 5.38 Å². The first-order valence-electron chi connectivity index (χ1n) is 7.87. The molecule has 4 nitrogen and oxygen atoms in total. The summed E-state index contributed by atoms with van der Waals surface area (Å²) in [5.74, 6) is 0.507. The third-order valence-electron chi connectivity index (χ3n) is 4.34. The number of carbonyl (C=O) groups is 1. The van der Waals surface area contributed by atoms with E-state index in [4.69, 9.17) is 5.73 Å². The predicted octanol–water partition coefficient (Wildman–Crippen LogP) is 3.40. The number of hydrogen-bond acceptors (Lipinski definition) is 4. The Balaban J connectivity index is 0.00000242. The molecule has 2 unspecified atom stereocenters. The monoisotopic (exact) mass is 345 g/mol. The second-order valence-corrected chi connectivity index (χ2v) is 7.94. The Kier molecular flexibility index (Phi) is 7.29. The molecule has 1 aromatic heterocycles. The number of rotatable bonds is 4. The average molecular weight is 346 g/mol. The highest BCUT2D eigenvalue weighted by molar-refractivity contribution is 7.09. The molecule has 0 bridgehead atoms. The van der Waals surface area contributed by atoms with Crippen molar-refractivity contribution in [2.75, 3.05) is 6.54 Å². The van der Waals surface area contributed by atoms with Gasteiger partial charge in [0, 0.05) is 17.8 Å². The molecular formula is C16H28ClN3OS. The fraction of sp³-hybridized carbons (Fsp3) is 0.750. The van der Waals surface area contributed by atoms with E-state index in [9.17, 15) is 4.79 Å². The number of thiazole rings is 1. The first-order valence-corrected chi connectivity index (χ1v) is 8.75.